The molecule has 96 valence electrons. The van der Waals surface area contributed by atoms with Crippen molar-refractivity contribution in [3.63, 3.8) is 0 Å². The Hall–Kier alpha value is -0.0400. The van der Waals surface area contributed by atoms with Crippen LogP contribution in [-0.4, -0.2) is 6.04 Å². The van der Waals surface area contributed by atoms with Gasteiger partial charge in [-0.1, -0.05) is 52.9 Å². The quantitative estimate of drug-likeness (QED) is 0.668. The molecule has 1 fully saturated rings. The minimum Gasteiger partial charge on any atom is -0.327 e. The van der Waals surface area contributed by atoms with Crippen LogP contribution in [0.3, 0.4) is 0 Å². The molecule has 1 heteroatoms. The van der Waals surface area contributed by atoms with Crippen LogP contribution in [-0.2, 0) is 0 Å². The first-order valence-corrected chi connectivity index (χ1v) is 7.35. The molecule has 2 N–H and O–H groups in total. The van der Waals surface area contributed by atoms with Crippen LogP contribution >= 0.6 is 0 Å². The number of unbranched alkanes of at least 4 members (excludes halogenated alkanes) is 2. The van der Waals surface area contributed by atoms with Crippen molar-refractivity contribution in [2.45, 2.75) is 78.2 Å². The van der Waals surface area contributed by atoms with Gasteiger partial charge in [0.25, 0.3) is 0 Å². The fourth-order valence-corrected chi connectivity index (χ4v) is 2.96. The van der Waals surface area contributed by atoms with E-state index in [9.17, 15) is 0 Å². The summed E-state index contributed by atoms with van der Waals surface area (Å²) < 4.78 is 0. The van der Waals surface area contributed by atoms with Gasteiger partial charge in [-0.05, 0) is 37.0 Å². The molecule has 3 unspecified atom stereocenters. The smallest absolute Gasteiger partial charge is 0.00647 e. The molecule has 0 aliphatic heterocycles. The van der Waals surface area contributed by atoms with E-state index in [4.69, 9.17) is 5.73 Å². The zero-order valence-corrected chi connectivity index (χ0v) is 11.5. The maximum absolute atomic E-state index is 6.05. The number of nitrogens with two attached hydrogens (primary N) is 1. The van der Waals surface area contributed by atoms with Gasteiger partial charge < -0.3 is 5.73 Å². The molecule has 0 aromatic heterocycles. The first-order valence-electron chi connectivity index (χ1n) is 7.35. The molecule has 16 heavy (non-hydrogen) atoms. The lowest BCUT2D eigenvalue weighted by Gasteiger charge is -2.31. The minimum absolute atomic E-state index is 0.484. The van der Waals surface area contributed by atoms with Gasteiger partial charge in [-0.25, -0.2) is 0 Å². The molecule has 0 aromatic rings. The summed E-state index contributed by atoms with van der Waals surface area (Å²) in [5.74, 6) is 2.62. The van der Waals surface area contributed by atoms with Crippen molar-refractivity contribution >= 4 is 0 Å². The molecule has 3 atom stereocenters. The predicted molar refractivity (Wildman–Crippen MR) is 72.4 cm³/mol. The van der Waals surface area contributed by atoms with Gasteiger partial charge in [0.05, 0.1) is 0 Å². The van der Waals surface area contributed by atoms with Gasteiger partial charge in [0.1, 0.15) is 0 Å². The van der Waals surface area contributed by atoms with Crippen molar-refractivity contribution in [2.24, 2.45) is 23.5 Å². The lowest BCUT2D eigenvalue weighted by molar-refractivity contribution is 0.233. The van der Waals surface area contributed by atoms with E-state index in [1.54, 1.807) is 0 Å². The summed E-state index contributed by atoms with van der Waals surface area (Å²) in [6.07, 6.45) is 11.2. The van der Waals surface area contributed by atoms with Gasteiger partial charge in [-0.3, -0.25) is 0 Å². The Morgan fingerprint density at radius 1 is 1.12 bits per heavy atom. The van der Waals surface area contributed by atoms with Crippen molar-refractivity contribution < 1.29 is 0 Å². The van der Waals surface area contributed by atoms with E-state index in [2.05, 4.69) is 20.8 Å². The molecule has 1 aliphatic rings. The van der Waals surface area contributed by atoms with Gasteiger partial charge in [0.15, 0.2) is 0 Å². The zero-order valence-electron chi connectivity index (χ0n) is 11.5. The maximum Gasteiger partial charge on any atom is 0.00647 e. The van der Waals surface area contributed by atoms with Crippen LogP contribution in [0.5, 0.6) is 0 Å². The van der Waals surface area contributed by atoms with E-state index in [0.717, 1.165) is 17.8 Å². The van der Waals surface area contributed by atoms with Crippen molar-refractivity contribution in [1.29, 1.82) is 0 Å². The summed E-state index contributed by atoms with van der Waals surface area (Å²) in [6.45, 7) is 6.98. The van der Waals surface area contributed by atoms with Crippen LogP contribution in [0.15, 0.2) is 0 Å². The van der Waals surface area contributed by atoms with Crippen molar-refractivity contribution in [3.05, 3.63) is 0 Å². The van der Waals surface area contributed by atoms with Gasteiger partial charge in [-0.2, -0.15) is 0 Å². The molecule has 1 rings (SSSR count). The van der Waals surface area contributed by atoms with Crippen LogP contribution in [0.4, 0.5) is 0 Å². The summed E-state index contributed by atoms with van der Waals surface area (Å²) >= 11 is 0. The van der Waals surface area contributed by atoms with Crippen LogP contribution in [0.2, 0.25) is 0 Å². The molecule has 1 nitrogen and oxygen atoms in total. The summed E-state index contributed by atoms with van der Waals surface area (Å²) in [4.78, 5) is 0. The summed E-state index contributed by atoms with van der Waals surface area (Å²) in [5, 5.41) is 0. The highest BCUT2D eigenvalue weighted by Crippen LogP contribution is 2.31. The van der Waals surface area contributed by atoms with E-state index >= 15 is 0 Å². The van der Waals surface area contributed by atoms with Crippen molar-refractivity contribution in [2.75, 3.05) is 0 Å². The second kappa shape index (κ2) is 7.32. The molecule has 0 amide bonds. The van der Waals surface area contributed by atoms with E-state index in [1.807, 2.05) is 0 Å². The molecule has 0 saturated heterocycles. The largest absolute Gasteiger partial charge is 0.327 e. The fourth-order valence-electron chi connectivity index (χ4n) is 2.96. The Morgan fingerprint density at radius 2 is 1.88 bits per heavy atom. The van der Waals surface area contributed by atoms with Crippen molar-refractivity contribution in [1.82, 2.24) is 0 Å². The number of hydrogen-bond donors (Lipinski definition) is 1. The Bertz CT molecular complexity index is 176. The number of rotatable bonds is 6. The van der Waals surface area contributed by atoms with Crippen LogP contribution in [0, 0.1) is 17.8 Å². The van der Waals surface area contributed by atoms with E-state index in [1.165, 1.54) is 51.4 Å². The minimum atomic E-state index is 0.484. The van der Waals surface area contributed by atoms with E-state index in [0.29, 0.717) is 6.04 Å². The van der Waals surface area contributed by atoms with Crippen molar-refractivity contribution in [3.8, 4) is 0 Å². The van der Waals surface area contributed by atoms with Gasteiger partial charge in [-0.15, -0.1) is 0 Å². The molecule has 0 spiro atoms. The highest BCUT2D eigenvalue weighted by molar-refractivity contribution is 4.79. The Morgan fingerprint density at radius 3 is 2.50 bits per heavy atom. The molecule has 0 bridgehead atoms. The first-order chi connectivity index (χ1) is 7.59. The molecule has 1 aliphatic carbocycles. The molecule has 1 saturated carbocycles. The Labute approximate surface area is 102 Å². The summed E-state index contributed by atoms with van der Waals surface area (Å²) in [5.41, 5.74) is 6.05. The van der Waals surface area contributed by atoms with Gasteiger partial charge in [0.2, 0.25) is 0 Å². The second-order valence-corrected chi connectivity index (χ2v) is 6.35. The van der Waals surface area contributed by atoms with Gasteiger partial charge in [0, 0.05) is 6.04 Å². The first kappa shape index (κ1) is 14.0. The van der Waals surface area contributed by atoms with Crippen LogP contribution in [0.1, 0.15) is 72.1 Å². The average Bonchev–Trinajstić information content (AvgIpc) is 2.22. The van der Waals surface area contributed by atoms with E-state index < -0.39 is 0 Å². The molecule has 0 heterocycles. The van der Waals surface area contributed by atoms with Gasteiger partial charge >= 0.3 is 0 Å². The van der Waals surface area contributed by atoms with Crippen LogP contribution in [0.25, 0.3) is 0 Å². The lowest BCUT2D eigenvalue weighted by Crippen LogP contribution is -2.34. The second-order valence-electron chi connectivity index (χ2n) is 6.35. The van der Waals surface area contributed by atoms with E-state index in [-0.39, 0.29) is 0 Å². The SMILES string of the molecule is CC(C)CCCCCC1CCC(N)C(C)C1. The maximum atomic E-state index is 6.05. The third-order valence-corrected chi connectivity index (χ3v) is 4.24. The lowest BCUT2D eigenvalue weighted by atomic mass is 9.77. The highest BCUT2D eigenvalue weighted by atomic mass is 14.7. The third-order valence-electron chi connectivity index (χ3n) is 4.24. The molecule has 0 aromatic carbocycles. The highest BCUT2D eigenvalue weighted by Gasteiger charge is 2.24. The Balaban J connectivity index is 2.01. The summed E-state index contributed by atoms with van der Waals surface area (Å²) in [7, 11) is 0. The van der Waals surface area contributed by atoms with Crippen LogP contribution < -0.4 is 5.73 Å². The molecular formula is C15H31N. The fraction of sp³-hybridized carbons (Fsp3) is 1.00. The Kier molecular flexibility index (Phi) is 6.41. The standard InChI is InChI=1S/C15H31N/c1-12(2)7-5-4-6-8-14-9-10-15(16)13(3)11-14/h12-15H,4-11,16H2,1-3H3. The summed E-state index contributed by atoms with van der Waals surface area (Å²) in [6, 6.07) is 0.484. The average molecular weight is 225 g/mol. The third kappa shape index (κ3) is 5.34. The topological polar surface area (TPSA) is 26.0 Å². The molecule has 0 radical (unpaired) electrons. The predicted octanol–water partition coefficient (Wildman–Crippen LogP) is 4.36. The monoisotopic (exact) mass is 225 g/mol. The molecular weight excluding hydrogens is 194 g/mol. The number of hydrogen-bond acceptors (Lipinski definition) is 1. The zero-order chi connectivity index (χ0) is 12.0. The normalized spacial score (nSPS) is 30.9.